The van der Waals surface area contributed by atoms with Crippen molar-refractivity contribution in [1.29, 1.82) is 0 Å². The predicted octanol–water partition coefficient (Wildman–Crippen LogP) is 3.06. The van der Waals surface area contributed by atoms with Gasteiger partial charge in [0.05, 0.1) is 12.5 Å². The lowest BCUT2D eigenvalue weighted by Crippen LogP contribution is -2.14. The number of pyridine rings is 1. The smallest absolute Gasteiger partial charge is 0.314 e. The first kappa shape index (κ1) is 12.5. The first-order chi connectivity index (χ1) is 9.28. The molecule has 2 saturated carbocycles. The largest absolute Gasteiger partial charge is 0.475 e. The Morgan fingerprint density at radius 1 is 1.37 bits per heavy atom. The lowest BCUT2D eigenvalue weighted by molar-refractivity contribution is -0.135. The molecule has 1 heterocycles. The Bertz CT molecular complexity index is 478. The fourth-order valence-electron chi connectivity index (χ4n) is 2.24. The molecule has 0 unspecified atom stereocenters. The topological polar surface area (TPSA) is 48.4 Å². The molecule has 2 aliphatic carbocycles. The highest BCUT2D eigenvalue weighted by Gasteiger charge is 2.32. The number of carbonyl (C=O) groups is 1. The van der Waals surface area contributed by atoms with Gasteiger partial charge in [-0.3, -0.25) is 4.79 Å². The summed E-state index contributed by atoms with van der Waals surface area (Å²) in [5, 5.41) is 0. The Morgan fingerprint density at radius 3 is 2.74 bits per heavy atom. The molecule has 2 aliphatic rings. The summed E-state index contributed by atoms with van der Waals surface area (Å²) < 4.78 is 10.9. The third kappa shape index (κ3) is 2.72. The number of nitrogens with zero attached hydrogens (tertiary/aromatic N) is 1. The summed E-state index contributed by atoms with van der Waals surface area (Å²) >= 11 is 0. The second-order valence-electron chi connectivity index (χ2n) is 5.33. The van der Waals surface area contributed by atoms with Crippen LogP contribution >= 0.6 is 0 Å². The van der Waals surface area contributed by atoms with Gasteiger partial charge in [-0.05, 0) is 50.2 Å². The van der Waals surface area contributed by atoms with E-state index in [9.17, 15) is 4.79 Å². The highest BCUT2D eigenvalue weighted by molar-refractivity contribution is 5.77. The Hall–Kier alpha value is -1.58. The molecule has 4 nitrogen and oxygen atoms in total. The fraction of sp³-hybridized carbons (Fsp3) is 0.600. The number of hydrogen-bond donors (Lipinski definition) is 0. The van der Waals surface area contributed by atoms with Crippen LogP contribution in [0.2, 0.25) is 0 Å². The Labute approximate surface area is 113 Å². The number of carbonyl (C=O) groups excluding carboxylic acids is 1. The fourth-order valence-corrected chi connectivity index (χ4v) is 2.24. The van der Waals surface area contributed by atoms with Crippen LogP contribution in [0.3, 0.4) is 0 Å². The molecule has 0 aliphatic heterocycles. The van der Waals surface area contributed by atoms with Gasteiger partial charge in [-0.25, -0.2) is 4.98 Å². The van der Waals surface area contributed by atoms with Crippen LogP contribution in [-0.2, 0) is 4.79 Å². The summed E-state index contributed by atoms with van der Waals surface area (Å²) in [6.07, 6.45) is 7.41. The number of aromatic nitrogens is 1. The van der Waals surface area contributed by atoms with Crippen molar-refractivity contribution in [3.05, 3.63) is 17.8 Å². The minimum Gasteiger partial charge on any atom is -0.475 e. The minimum atomic E-state index is -0.145. The van der Waals surface area contributed by atoms with Gasteiger partial charge in [-0.1, -0.05) is 6.42 Å². The molecular weight excluding hydrogens is 242 g/mol. The summed E-state index contributed by atoms with van der Waals surface area (Å²) in [5.41, 5.74) is 1.16. The van der Waals surface area contributed by atoms with E-state index in [4.69, 9.17) is 9.47 Å². The summed E-state index contributed by atoms with van der Waals surface area (Å²) in [5.74, 6) is 1.43. The highest BCUT2D eigenvalue weighted by Crippen LogP contribution is 2.39. The third-order valence-electron chi connectivity index (χ3n) is 3.82. The van der Waals surface area contributed by atoms with E-state index in [1.165, 1.54) is 19.3 Å². The Kier molecular flexibility index (Phi) is 3.40. The molecule has 0 radical (unpaired) electrons. The van der Waals surface area contributed by atoms with Crippen molar-refractivity contribution in [3.63, 3.8) is 0 Å². The van der Waals surface area contributed by atoms with Gasteiger partial charge in [0.25, 0.3) is 5.88 Å². The van der Waals surface area contributed by atoms with Crippen LogP contribution in [0.15, 0.2) is 12.3 Å². The van der Waals surface area contributed by atoms with Crippen LogP contribution in [-0.4, -0.2) is 17.6 Å². The number of hydrogen-bond acceptors (Lipinski definition) is 4. The molecule has 0 bridgehead atoms. The molecular formula is C15H19NO3. The molecule has 3 rings (SSSR count). The zero-order chi connectivity index (χ0) is 13.2. The van der Waals surface area contributed by atoms with Crippen LogP contribution in [0.1, 0.15) is 50.5 Å². The Balaban J connectivity index is 1.80. The van der Waals surface area contributed by atoms with Crippen molar-refractivity contribution in [2.24, 2.45) is 5.92 Å². The minimum absolute atomic E-state index is 0.0850. The molecule has 1 aromatic rings. The van der Waals surface area contributed by atoms with Crippen molar-refractivity contribution in [3.8, 4) is 11.6 Å². The van der Waals surface area contributed by atoms with E-state index in [1.54, 1.807) is 0 Å². The highest BCUT2D eigenvalue weighted by atomic mass is 16.6. The van der Waals surface area contributed by atoms with Crippen LogP contribution in [0, 0.1) is 5.92 Å². The molecule has 0 saturated heterocycles. The number of rotatable bonds is 5. The molecule has 0 spiro atoms. The molecule has 0 aromatic carbocycles. The zero-order valence-electron chi connectivity index (χ0n) is 11.2. The predicted molar refractivity (Wildman–Crippen MR) is 70.4 cm³/mol. The monoisotopic (exact) mass is 261 g/mol. The van der Waals surface area contributed by atoms with Crippen LogP contribution in [0.25, 0.3) is 0 Å². The first-order valence-electron chi connectivity index (χ1n) is 7.12. The normalized spacial score (nSPS) is 18.8. The van der Waals surface area contributed by atoms with Crippen LogP contribution in [0.5, 0.6) is 11.6 Å². The molecule has 102 valence electrons. The standard InChI is InChI=1S/C15H19NO3/c1-2-18-14-13(19-15(17)11-6-7-11)8-12(9-16-14)10-4-3-5-10/h8-11H,2-7H2,1H3. The molecule has 0 atom stereocenters. The molecule has 0 amide bonds. The van der Waals surface area contributed by atoms with Crippen LogP contribution in [0.4, 0.5) is 0 Å². The van der Waals surface area contributed by atoms with E-state index >= 15 is 0 Å². The molecule has 1 aromatic heterocycles. The molecule has 0 N–H and O–H groups in total. The van der Waals surface area contributed by atoms with Crippen molar-refractivity contribution >= 4 is 5.97 Å². The van der Waals surface area contributed by atoms with E-state index in [0.717, 1.165) is 18.4 Å². The van der Waals surface area contributed by atoms with Crippen molar-refractivity contribution in [2.45, 2.75) is 44.9 Å². The van der Waals surface area contributed by atoms with Gasteiger partial charge in [0.1, 0.15) is 0 Å². The second kappa shape index (κ2) is 5.19. The summed E-state index contributed by atoms with van der Waals surface area (Å²) in [6.45, 7) is 2.41. The van der Waals surface area contributed by atoms with Crippen molar-refractivity contribution < 1.29 is 14.3 Å². The van der Waals surface area contributed by atoms with Gasteiger partial charge in [-0.2, -0.15) is 0 Å². The number of ether oxygens (including phenoxy) is 2. The molecule has 4 heteroatoms. The first-order valence-corrected chi connectivity index (χ1v) is 7.12. The maximum absolute atomic E-state index is 11.8. The van der Waals surface area contributed by atoms with E-state index in [-0.39, 0.29) is 11.9 Å². The average molecular weight is 261 g/mol. The lowest BCUT2D eigenvalue weighted by Gasteiger charge is -2.25. The Morgan fingerprint density at radius 2 is 2.16 bits per heavy atom. The van der Waals surface area contributed by atoms with Gasteiger partial charge in [0.15, 0.2) is 5.75 Å². The van der Waals surface area contributed by atoms with Crippen molar-refractivity contribution in [2.75, 3.05) is 6.61 Å². The quantitative estimate of drug-likeness (QED) is 0.764. The average Bonchev–Trinajstić information content (AvgIpc) is 3.14. The second-order valence-corrected chi connectivity index (χ2v) is 5.33. The summed E-state index contributed by atoms with van der Waals surface area (Å²) in [7, 11) is 0. The summed E-state index contributed by atoms with van der Waals surface area (Å²) in [4.78, 5) is 16.1. The van der Waals surface area contributed by atoms with Crippen LogP contribution < -0.4 is 9.47 Å². The van der Waals surface area contributed by atoms with Gasteiger partial charge >= 0.3 is 5.97 Å². The number of esters is 1. The van der Waals surface area contributed by atoms with Gasteiger partial charge in [-0.15, -0.1) is 0 Å². The lowest BCUT2D eigenvalue weighted by atomic mass is 9.81. The SMILES string of the molecule is CCOc1ncc(C2CCC2)cc1OC(=O)C1CC1. The van der Waals surface area contributed by atoms with E-state index in [1.807, 2.05) is 19.2 Å². The van der Waals surface area contributed by atoms with Gasteiger partial charge in [0.2, 0.25) is 0 Å². The van der Waals surface area contributed by atoms with E-state index < -0.39 is 0 Å². The van der Waals surface area contributed by atoms with Crippen molar-refractivity contribution in [1.82, 2.24) is 4.98 Å². The molecule has 19 heavy (non-hydrogen) atoms. The maximum atomic E-state index is 11.8. The zero-order valence-corrected chi connectivity index (χ0v) is 11.2. The maximum Gasteiger partial charge on any atom is 0.314 e. The summed E-state index contributed by atoms with van der Waals surface area (Å²) in [6, 6.07) is 1.93. The molecule has 2 fully saturated rings. The van der Waals surface area contributed by atoms with Gasteiger partial charge < -0.3 is 9.47 Å². The van der Waals surface area contributed by atoms with E-state index in [0.29, 0.717) is 24.2 Å². The van der Waals surface area contributed by atoms with E-state index in [2.05, 4.69) is 4.98 Å². The van der Waals surface area contributed by atoms with Gasteiger partial charge in [0, 0.05) is 6.20 Å². The third-order valence-corrected chi connectivity index (χ3v) is 3.82.